The minimum absolute atomic E-state index is 0.126. The molecule has 2 N–H and O–H groups in total. The number of nitrogens with zero attached hydrogens (tertiary/aromatic N) is 3. The van der Waals surface area contributed by atoms with E-state index in [0.717, 1.165) is 36.8 Å². The zero-order chi connectivity index (χ0) is 21.6. The van der Waals surface area contributed by atoms with E-state index in [1.165, 1.54) is 0 Å². The van der Waals surface area contributed by atoms with E-state index in [1.807, 2.05) is 61.5 Å². The summed E-state index contributed by atoms with van der Waals surface area (Å²) >= 11 is 0. The Morgan fingerprint density at radius 3 is 2.35 bits per heavy atom. The van der Waals surface area contributed by atoms with Crippen molar-refractivity contribution in [2.45, 2.75) is 50.5 Å². The Labute approximate surface area is 181 Å². The van der Waals surface area contributed by atoms with Gasteiger partial charge < -0.3 is 15.2 Å². The van der Waals surface area contributed by atoms with Gasteiger partial charge in [-0.3, -0.25) is 0 Å². The van der Waals surface area contributed by atoms with Gasteiger partial charge in [-0.2, -0.15) is 10.2 Å². The third kappa shape index (κ3) is 5.10. The van der Waals surface area contributed by atoms with Gasteiger partial charge in [-0.05, 0) is 55.9 Å². The first-order chi connectivity index (χ1) is 15.1. The average Bonchev–Trinajstić information content (AvgIpc) is 3.23. The Hall–Kier alpha value is -3.66. The van der Waals surface area contributed by atoms with Crippen molar-refractivity contribution in [3.63, 3.8) is 0 Å². The van der Waals surface area contributed by atoms with E-state index in [4.69, 9.17) is 4.52 Å². The van der Waals surface area contributed by atoms with Crippen LogP contribution >= 0.6 is 0 Å². The smallest absolute Gasteiger partial charge is 0.319 e. The Bertz CT molecular complexity index is 1050. The molecule has 7 nitrogen and oxygen atoms in total. The number of nitrogens with one attached hydrogen (secondary N) is 2. The lowest BCUT2D eigenvalue weighted by molar-refractivity contribution is 0.239. The molecular formula is C24H25N5O2. The zero-order valence-corrected chi connectivity index (χ0v) is 17.4. The molecule has 0 radical (unpaired) electrons. The van der Waals surface area contributed by atoms with Crippen LogP contribution in [0.15, 0.2) is 59.1 Å². The third-order valence-electron chi connectivity index (χ3n) is 5.72. The number of nitriles is 1. The van der Waals surface area contributed by atoms with Gasteiger partial charge >= 0.3 is 6.03 Å². The lowest BCUT2D eigenvalue weighted by Crippen LogP contribution is -2.39. The van der Waals surface area contributed by atoms with Crippen LogP contribution in [-0.4, -0.2) is 22.2 Å². The Morgan fingerprint density at radius 1 is 1.06 bits per heavy atom. The number of benzene rings is 2. The lowest BCUT2D eigenvalue weighted by Gasteiger charge is -2.27. The van der Waals surface area contributed by atoms with Gasteiger partial charge in [0.25, 0.3) is 0 Å². The van der Waals surface area contributed by atoms with E-state index < -0.39 is 0 Å². The van der Waals surface area contributed by atoms with Crippen LogP contribution in [0.5, 0.6) is 0 Å². The van der Waals surface area contributed by atoms with Crippen molar-refractivity contribution in [3.8, 4) is 6.07 Å². The van der Waals surface area contributed by atoms with E-state index in [0.29, 0.717) is 17.4 Å². The fourth-order valence-electron chi connectivity index (χ4n) is 4.06. The minimum Gasteiger partial charge on any atom is -0.339 e. The Morgan fingerprint density at radius 2 is 1.74 bits per heavy atom. The molecule has 7 heteroatoms. The Kier molecular flexibility index (Phi) is 6.27. The second kappa shape index (κ2) is 9.43. The molecule has 0 saturated heterocycles. The zero-order valence-electron chi connectivity index (χ0n) is 17.4. The van der Waals surface area contributed by atoms with Gasteiger partial charge in [0.2, 0.25) is 5.89 Å². The number of aromatic nitrogens is 2. The molecule has 1 saturated carbocycles. The lowest BCUT2D eigenvalue weighted by atomic mass is 9.86. The van der Waals surface area contributed by atoms with Crippen molar-refractivity contribution in [2.24, 2.45) is 0 Å². The van der Waals surface area contributed by atoms with Crippen molar-refractivity contribution in [3.05, 3.63) is 77.4 Å². The number of carbonyl (C=O) groups is 1. The summed E-state index contributed by atoms with van der Waals surface area (Å²) in [5.74, 6) is 1.30. The summed E-state index contributed by atoms with van der Waals surface area (Å²) in [5, 5.41) is 19.4. The molecule has 2 amide bonds. The summed E-state index contributed by atoms with van der Waals surface area (Å²) < 4.78 is 5.28. The largest absolute Gasteiger partial charge is 0.339 e. The summed E-state index contributed by atoms with van der Waals surface area (Å²) in [7, 11) is 0. The summed E-state index contributed by atoms with van der Waals surface area (Å²) in [5.41, 5.74) is 2.55. The second-order valence-electron chi connectivity index (χ2n) is 7.92. The van der Waals surface area contributed by atoms with Crippen LogP contribution < -0.4 is 10.6 Å². The molecule has 1 aromatic heterocycles. The molecule has 1 heterocycles. The number of urea groups is 1. The number of amides is 2. The highest BCUT2D eigenvalue weighted by Gasteiger charge is 2.27. The van der Waals surface area contributed by atoms with Crippen molar-refractivity contribution < 1.29 is 9.32 Å². The quantitative estimate of drug-likeness (QED) is 0.618. The number of rotatable bonds is 5. The van der Waals surface area contributed by atoms with Crippen LogP contribution in [0.3, 0.4) is 0 Å². The highest BCUT2D eigenvalue weighted by molar-refractivity contribution is 5.89. The van der Waals surface area contributed by atoms with Gasteiger partial charge in [0.05, 0.1) is 12.0 Å². The van der Waals surface area contributed by atoms with Crippen molar-refractivity contribution in [1.29, 1.82) is 5.26 Å². The van der Waals surface area contributed by atoms with E-state index in [1.54, 1.807) is 0 Å². The van der Waals surface area contributed by atoms with Gasteiger partial charge in [0.15, 0.2) is 5.82 Å². The van der Waals surface area contributed by atoms with Crippen LogP contribution in [0.4, 0.5) is 10.5 Å². The van der Waals surface area contributed by atoms with E-state index in [2.05, 4.69) is 26.8 Å². The molecule has 2 aromatic carbocycles. The molecule has 3 aromatic rings. The molecule has 31 heavy (non-hydrogen) atoms. The molecule has 158 valence electrons. The minimum atomic E-state index is -0.332. The molecule has 0 bridgehead atoms. The first kappa shape index (κ1) is 20.6. The maximum Gasteiger partial charge on any atom is 0.319 e. The van der Waals surface area contributed by atoms with Gasteiger partial charge in [0, 0.05) is 17.6 Å². The topological polar surface area (TPSA) is 104 Å². The standard InChI is InChI=1S/C24H25N5O2/c1-16-26-23(31-29-16)19-9-13-21(14-10-19)28-24(30)27-20-11-7-18(8-12-20)22(15-25)17-5-3-2-4-6-17/h2-8,11-12,19,21-22H,9-10,13-14H2,1H3,(H2,27,28,30). The van der Waals surface area contributed by atoms with Gasteiger partial charge in [-0.15, -0.1) is 0 Å². The SMILES string of the molecule is Cc1noc(C2CCC(NC(=O)Nc3ccc(C(C#N)c4ccccc4)cc3)CC2)n1. The van der Waals surface area contributed by atoms with Crippen molar-refractivity contribution in [2.75, 3.05) is 5.32 Å². The number of hydrogen-bond donors (Lipinski definition) is 2. The maximum atomic E-state index is 12.4. The predicted octanol–water partition coefficient (Wildman–Crippen LogP) is 4.88. The Balaban J connectivity index is 1.29. The fraction of sp³-hybridized carbons (Fsp3) is 0.333. The maximum absolute atomic E-state index is 12.4. The first-order valence-electron chi connectivity index (χ1n) is 10.5. The van der Waals surface area contributed by atoms with Crippen LogP contribution in [0.2, 0.25) is 0 Å². The number of anilines is 1. The summed E-state index contributed by atoms with van der Waals surface area (Å²) in [4.78, 5) is 16.7. The third-order valence-corrected chi connectivity index (χ3v) is 5.72. The van der Waals surface area contributed by atoms with E-state index >= 15 is 0 Å². The monoisotopic (exact) mass is 415 g/mol. The molecule has 4 rings (SSSR count). The molecule has 0 spiro atoms. The highest BCUT2D eigenvalue weighted by atomic mass is 16.5. The summed E-state index contributed by atoms with van der Waals surface area (Å²) in [6, 6.07) is 19.4. The van der Waals surface area contributed by atoms with Gasteiger partial charge in [-0.1, -0.05) is 47.6 Å². The normalized spacial score (nSPS) is 19.2. The number of hydrogen-bond acceptors (Lipinski definition) is 5. The molecule has 1 aliphatic carbocycles. The molecule has 1 unspecified atom stereocenters. The van der Waals surface area contributed by atoms with Crippen LogP contribution in [0, 0.1) is 18.3 Å². The fourth-order valence-corrected chi connectivity index (χ4v) is 4.06. The van der Waals surface area contributed by atoms with Gasteiger partial charge in [-0.25, -0.2) is 4.79 Å². The number of carbonyl (C=O) groups excluding carboxylic acids is 1. The molecule has 1 aliphatic rings. The van der Waals surface area contributed by atoms with Crippen LogP contribution in [-0.2, 0) is 0 Å². The van der Waals surface area contributed by atoms with E-state index in [9.17, 15) is 10.1 Å². The van der Waals surface area contributed by atoms with Crippen molar-refractivity contribution in [1.82, 2.24) is 15.5 Å². The molecule has 0 aliphatic heterocycles. The van der Waals surface area contributed by atoms with Gasteiger partial charge in [0.1, 0.15) is 0 Å². The average molecular weight is 415 g/mol. The predicted molar refractivity (Wildman–Crippen MR) is 117 cm³/mol. The number of aryl methyl sites for hydroxylation is 1. The first-order valence-corrected chi connectivity index (χ1v) is 10.5. The van der Waals surface area contributed by atoms with E-state index in [-0.39, 0.29) is 23.9 Å². The summed E-state index contributed by atoms with van der Waals surface area (Å²) in [6.07, 6.45) is 3.57. The van der Waals surface area contributed by atoms with Crippen molar-refractivity contribution >= 4 is 11.7 Å². The molecule has 1 fully saturated rings. The summed E-state index contributed by atoms with van der Waals surface area (Å²) in [6.45, 7) is 1.82. The molecular weight excluding hydrogens is 390 g/mol. The van der Waals surface area contributed by atoms with Crippen LogP contribution in [0.25, 0.3) is 0 Å². The molecule has 1 atom stereocenters. The second-order valence-corrected chi connectivity index (χ2v) is 7.92. The highest BCUT2D eigenvalue weighted by Crippen LogP contribution is 2.32. The van der Waals surface area contributed by atoms with Crippen LogP contribution in [0.1, 0.15) is 60.4 Å².